The molecule has 6 rings (SSSR count). The van der Waals surface area contributed by atoms with E-state index in [-0.39, 0.29) is 103 Å². The van der Waals surface area contributed by atoms with Crippen molar-refractivity contribution in [2.45, 2.75) is 49.1 Å². The van der Waals surface area contributed by atoms with E-state index in [1.807, 2.05) is 0 Å². The Balaban J connectivity index is 0.000000374. The molecule has 300 valence electrons. The largest absolute Gasteiger partial charge is 2.00 e. The smallest absolute Gasteiger partial charge is 0.790 e. The number of aliphatic hydroxyl groups is 4. The third-order valence-electron chi connectivity index (χ3n) is 7.19. The summed E-state index contributed by atoms with van der Waals surface area (Å²) in [6.07, 6.45) is -6.96. The number of nitrogen functional groups attached to an aromatic ring is 2. The van der Waals surface area contributed by atoms with Gasteiger partial charge in [-0.3, -0.25) is 26.9 Å². The Bertz CT molecular complexity index is 2030. The van der Waals surface area contributed by atoms with Gasteiger partial charge in [0.1, 0.15) is 60.3 Å². The van der Waals surface area contributed by atoms with Gasteiger partial charge < -0.3 is 88.9 Å². The zero-order valence-corrected chi connectivity index (χ0v) is 36.1. The second kappa shape index (κ2) is 20.4. The number of rotatable bonds is 12. The summed E-state index contributed by atoms with van der Waals surface area (Å²) in [5, 5.41) is 40.4. The van der Waals surface area contributed by atoms with Crippen molar-refractivity contribution in [3.8, 4) is 0 Å². The second-order valence-corrected chi connectivity index (χ2v) is 16.2. The average Bonchev–Trinajstić information content (AvgIpc) is 3.80. The van der Waals surface area contributed by atoms with E-state index < -0.39 is 93.6 Å². The number of imidazole rings is 2. The monoisotopic (exact) mass is 920 g/mol. The molecule has 0 saturated carbocycles. The molecule has 57 heavy (non-hydrogen) atoms. The number of phosphoric acid groups is 4. The van der Waals surface area contributed by atoms with Crippen molar-refractivity contribution in [3.63, 3.8) is 0 Å². The average molecular weight is 921 g/mol. The van der Waals surface area contributed by atoms with Gasteiger partial charge in [0, 0.05) is 0 Å². The summed E-state index contributed by atoms with van der Waals surface area (Å²) in [6, 6.07) is 0. The maximum absolute atomic E-state index is 11.3. The van der Waals surface area contributed by atoms with Gasteiger partial charge in [0.25, 0.3) is 15.6 Å². The summed E-state index contributed by atoms with van der Waals surface area (Å²) in [4.78, 5) is 87.3. The van der Waals surface area contributed by atoms with Gasteiger partial charge in [0.15, 0.2) is 35.4 Å². The molecule has 2 unspecified atom stereocenters. The number of nitrogens with zero attached hydrogens (tertiary/aromatic N) is 8. The van der Waals surface area contributed by atoms with Crippen LogP contribution in [0.3, 0.4) is 0 Å². The topological polar surface area (TPSA) is 482 Å². The first-order valence-electron chi connectivity index (χ1n) is 14.2. The van der Waals surface area contributed by atoms with Gasteiger partial charge in [-0.15, -0.1) is 0 Å². The van der Waals surface area contributed by atoms with Crippen molar-refractivity contribution in [1.29, 1.82) is 0 Å². The molecule has 4 aromatic heterocycles. The van der Waals surface area contributed by atoms with Gasteiger partial charge in [-0.1, -0.05) is 0 Å². The van der Waals surface area contributed by atoms with Crippen LogP contribution in [0.5, 0.6) is 0 Å². The molecule has 37 heteroatoms. The maximum Gasteiger partial charge on any atom is 2.00 e. The van der Waals surface area contributed by atoms with Crippen molar-refractivity contribution in [1.82, 2.24) is 39.0 Å². The van der Waals surface area contributed by atoms with Crippen LogP contribution in [-0.2, 0) is 45.4 Å². The van der Waals surface area contributed by atoms with E-state index in [0.29, 0.717) is 0 Å². The number of aliphatic hydroxyl groups excluding tert-OH is 4. The summed E-state index contributed by atoms with van der Waals surface area (Å²) in [5.74, 6) is 0.131. The van der Waals surface area contributed by atoms with E-state index in [1.165, 1.54) is 21.8 Å². The number of anilines is 2. The van der Waals surface area contributed by atoms with E-state index in [1.54, 1.807) is 0 Å². The SMILES string of the molecule is Nc1ncnc2c1ncn2[C@@H]1O[C@H](COP(=O)([O-])OP(=O)([O-])[O-])[C@@H](O)[C@H]1O.Nc1ncnc2c1ncn2[C@@H]1O[C@H](COP(=O)([O-])OP(=O)([O-])[O-])[C@@H](O)[C@H]1O.[Mg+2].[Mg+2].[Mg+2]. The van der Waals surface area contributed by atoms with Gasteiger partial charge >= 0.3 is 69.2 Å². The molecule has 10 atom stereocenters. The van der Waals surface area contributed by atoms with Crippen molar-refractivity contribution < 1.29 is 95.2 Å². The molecular formula is C20H24Mg3N10O20P4. The summed E-state index contributed by atoms with van der Waals surface area (Å²) in [6.45, 7) is -1.86. The van der Waals surface area contributed by atoms with E-state index in [9.17, 15) is 68.0 Å². The van der Waals surface area contributed by atoms with Crippen molar-refractivity contribution in [3.05, 3.63) is 25.3 Å². The normalized spacial score (nSPS) is 27.0. The fourth-order valence-electron chi connectivity index (χ4n) is 4.93. The fourth-order valence-corrected chi connectivity index (χ4v) is 7.92. The molecule has 2 aliphatic heterocycles. The van der Waals surface area contributed by atoms with Crippen LogP contribution in [0.1, 0.15) is 12.5 Å². The van der Waals surface area contributed by atoms with Crippen LogP contribution in [0.4, 0.5) is 11.6 Å². The molecule has 2 aliphatic rings. The minimum atomic E-state index is -5.85. The predicted octanol–water partition coefficient (Wildman–Crippen LogP) is -8.43. The zero-order valence-electron chi connectivity index (χ0n) is 28.3. The van der Waals surface area contributed by atoms with E-state index in [2.05, 4.69) is 47.6 Å². The van der Waals surface area contributed by atoms with Crippen LogP contribution >= 0.6 is 31.3 Å². The second-order valence-electron chi connectivity index (χ2n) is 10.8. The quantitative estimate of drug-likeness (QED) is 0.0567. The number of fused-ring (bicyclic) bond motifs is 2. The third kappa shape index (κ3) is 13.1. The Labute approximate surface area is 365 Å². The van der Waals surface area contributed by atoms with Gasteiger partial charge in [-0.25, -0.2) is 29.9 Å². The van der Waals surface area contributed by atoms with Crippen molar-refractivity contribution in [2.75, 3.05) is 24.7 Å². The third-order valence-corrected chi connectivity index (χ3v) is 11.3. The Morgan fingerprint density at radius 3 is 1.25 bits per heavy atom. The van der Waals surface area contributed by atoms with E-state index >= 15 is 0 Å². The molecule has 6 heterocycles. The molecule has 30 nitrogen and oxygen atoms in total. The molecule has 0 aliphatic carbocycles. The first kappa shape index (κ1) is 52.4. The van der Waals surface area contributed by atoms with Crippen LogP contribution in [0, 0.1) is 0 Å². The van der Waals surface area contributed by atoms with Crippen molar-refractivity contribution >= 4 is 134 Å². The summed E-state index contributed by atoms with van der Waals surface area (Å²) >= 11 is 0. The summed E-state index contributed by atoms with van der Waals surface area (Å²) in [7, 11) is -22.7. The molecule has 4 aromatic rings. The summed E-state index contributed by atoms with van der Waals surface area (Å²) < 4.78 is 71.5. The molecular weight excluding hydrogens is 897 g/mol. The van der Waals surface area contributed by atoms with Crippen LogP contribution < -0.4 is 40.8 Å². The number of phosphoric ester groups is 2. The van der Waals surface area contributed by atoms with Gasteiger partial charge in [-0.05, 0) is 0 Å². The molecule has 0 amide bonds. The summed E-state index contributed by atoms with van der Waals surface area (Å²) in [5.41, 5.74) is 12.1. The van der Waals surface area contributed by atoms with Crippen molar-refractivity contribution in [2.24, 2.45) is 0 Å². The van der Waals surface area contributed by atoms with Crippen LogP contribution in [0.25, 0.3) is 22.3 Å². The number of hydrogen-bond acceptors (Lipinski definition) is 28. The first-order valence-corrected chi connectivity index (χ1v) is 20.1. The molecule has 0 aromatic carbocycles. The molecule has 0 bridgehead atoms. The fraction of sp³-hybridized carbons (Fsp3) is 0.500. The number of nitrogens with two attached hydrogens (primary N) is 2. The van der Waals surface area contributed by atoms with Gasteiger partial charge in [0.05, 0.1) is 41.5 Å². The van der Waals surface area contributed by atoms with Gasteiger partial charge in [0.2, 0.25) is 0 Å². The molecule has 2 saturated heterocycles. The van der Waals surface area contributed by atoms with E-state index in [4.69, 9.17) is 20.9 Å². The Morgan fingerprint density at radius 2 is 0.930 bits per heavy atom. The Morgan fingerprint density at radius 1 is 0.596 bits per heavy atom. The molecule has 0 spiro atoms. The first-order chi connectivity index (χ1) is 25.0. The minimum Gasteiger partial charge on any atom is -0.790 e. The molecule has 0 radical (unpaired) electrons. The Hall–Kier alpha value is -0.721. The zero-order chi connectivity index (χ0) is 40.0. The van der Waals surface area contributed by atoms with Crippen LogP contribution in [0.2, 0.25) is 0 Å². The number of ether oxygens (including phenoxy) is 2. The standard InChI is InChI=1S/2C10H15N5O10P2.3Mg/c2*11-8-5-9(13-2-12-8)15(3-14-5)10-7(17)6(16)4(24-10)1-23-27(21,22)25-26(18,19)20;;;/h2*2-4,6-7,10,16-17H,1H2,(H,21,22)(H2,11,12,13)(H2,18,19,20);;;/q;;3*+2/p-6/t2*4-,6-,7-,10-;;;/m11.../s1. The van der Waals surface area contributed by atoms with Crippen LogP contribution in [-0.4, -0.2) is 178 Å². The molecule has 8 N–H and O–H groups in total. The molecule has 2 fully saturated rings. The number of hydrogen-bond donors (Lipinski definition) is 6. The Kier molecular flexibility index (Phi) is 18.8. The number of aromatic nitrogens is 8. The maximum atomic E-state index is 11.3. The van der Waals surface area contributed by atoms with Gasteiger partial charge in [-0.2, -0.15) is 0 Å². The van der Waals surface area contributed by atoms with E-state index in [0.717, 1.165) is 12.7 Å². The van der Waals surface area contributed by atoms with Crippen LogP contribution in [0.15, 0.2) is 25.3 Å². The predicted molar refractivity (Wildman–Crippen MR) is 173 cm³/mol. The minimum absolute atomic E-state index is 0.